The second kappa shape index (κ2) is 6.19. The van der Waals surface area contributed by atoms with Crippen LogP contribution in [0.1, 0.15) is 28.5 Å². The minimum atomic E-state index is -0.0112. The molecule has 0 radical (unpaired) electrons. The van der Waals surface area contributed by atoms with Crippen molar-refractivity contribution in [2.24, 2.45) is 0 Å². The Morgan fingerprint density at radius 3 is 2.75 bits per heavy atom. The summed E-state index contributed by atoms with van der Waals surface area (Å²) in [5.74, 6) is -0.0112. The summed E-state index contributed by atoms with van der Waals surface area (Å²) in [4.78, 5) is 18.6. The van der Waals surface area contributed by atoms with Crippen molar-refractivity contribution >= 4 is 11.6 Å². The third-order valence-electron chi connectivity index (χ3n) is 3.24. The summed E-state index contributed by atoms with van der Waals surface area (Å²) in [7, 11) is 0. The van der Waals surface area contributed by atoms with E-state index in [1.165, 1.54) is 0 Å². The molecule has 0 saturated carbocycles. The van der Waals surface area contributed by atoms with Crippen LogP contribution in [0.25, 0.3) is 0 Å². The van der Waals surface area contributed by atoms with Crippen LogP contribution in [0.3, 0.4) is 0 Å². The molecular weight excluding hydrogens is 250 g/mol. The zero-order valence-corrected chi connectivity index (χ0v) is 11.8. The molecule has 0 saturated heterocycles. The Morgan fingerprint density at radius 2 is 2.10 bits per heavy atom. The molecule has 2 N–H and O–H groups in total. The zero-order valence-electron chi connectivity index (χ0n) is 11.8. The first kappa shape index (κ1) is 14.1. The van der Waals surface area contributed by atoms with Gasteiger partial charge in [-0.1, -0.05) is 12.1 Å². The van der Waals surface area contributed by atoms with Crippen molar-refractivity contribution in [2.45, 2.75) is 20.4 Å². The Morgan fingerprint density at radius 1 is 1.30 bits per heavy atom. The molecule has 0 fully saturated rings. The molecule has 0 aliphatic rings. The lowest BCUT2D eigenvalue weighted by Gasteiger charge is -2.21. The van der Waals surface area contributed by atoms with Crippen molar-refractivity contribution in [3.8, 4) is 0 Å². The number of carbonyl (C=O) groups is 1. The second-order valence-corrected chi connectivity index (χ2v) is 4.71. The zero-order chi connectivity index (χ0) is 14.5. The highest BCUT2D eigenvalue weighted by Crippen LogP contribution is 2.16. The van der Waals surface area contributed by atoms with Crippen LogP contribution in [0.4, 0.5) is 5.69 Å². The molecule has 1 heterocycles. The van der Waals surface area contributed by atoms with Gasteiger partial charge in [0.05, 0.1) is 12.2 Å². The predicted molar refractivity (Wildman–Crippen MR) is 80.2 cm³/mol. The number of aromatic nitrogens is 1. The molecule has 1 amide bonds. The number of nitrogen functional groups attached to an aromatic ring is 1. The van der Waals surface area contributed by atoms with Gasteiger partial charge in [-0.3, -0.25) is 9.78 Å². The number of hydrogen-bond donors (Lipinski definition) is 1. The number of aryl methyl sites for hydroxylation is 1. The average molecular weight is 269 g/mol. The maximum atomic E-state index is 12.6. The van der Waals surface area contributed by atoms with Crippen molar-refractivity contribution < 1.29 is 4.79 Å². The molecule has 1 aromatic heterocycles. The summed E-state index contributed by atoms with van der Waals surface area (Å²) in [5.41, 5.74) is 8.85. The van der Waals surface area contributed by atoms with Crippen molar-refractivity contribution in [2.75, 3.05) is 12.3 Å². The van der Waals surface area contributed by atoms with Gasteiger partial charge in [0.15, 0.2) is 0 Å². The van der Waals surface area contributed by atoms with Crippen LogP contribution in [0.15, 0.2) is 42.6 Å². The predicted octanol–water partition coefficient (Wildman–Crippen LogP) is 2.63. The number of pyridine rings is 1. The smallest absolute Gasteiger partial charge is 0.254 e. The topological polar surface area (TPSA) is 59.2 Å². The van der Waals surface area contributed by atoms with Crippen molar-refractivity contribution in [1.82, 2.24) is 9.88 Å². The van der Waals surface area contributed by atoms with E-state index in [4.69, 9.17) is 5.73 Å². The maximum absolute atomic E-state index is 12.6. The Balaban J connectivity index is 2.23. The number of benzene rings is 1. The highest BCUT2D eigenvalue weighted by atomic mass is 16.2. The van der Waals surface area contributed by atoms with Gasteiger partial charge < -0.3 is 10.6 Å². The van der Waals surface area contributed by atoms with Crippen LogP contribution in [0.5, 0.6) is 0 Å². The molecule has 0 atom stereocenters. The number of hydrogen-bond acceptors (Lipinski definition) is 3. The van der Waals surface area contributed by atoms with E-state index in [-0.39, 0.29) is 5.91 Å². The summed E-state index contributed by atoms with van der Waals surface area (Å²) in [6.45, 7) is 5.01. The monoisotopic (exact) mass is 269 g/mol. The normalized spacial score (nSPS) is 10.3. The van der Waals surface area contributed by atoms with Crippen LogP contribution in [-0.2, 0) is 6.54 Å². The van der Waals surface area contributed by atoms with Gasteiger partial charge in [0, 0.05) is 24.0 Å². The minimum Gasteiger partial charge on any atom is -0.399 e. The van der Waals surface area contributed by atoms with Crippen LogP contribution in [0, 0.1) is 6.92 Å². The number of carbonyl (C=O) groups excluding carboxylic acids is 1. The molecule has 0 aliphatic heterocycles. The molecule has 0 spiro atoms. The van der Waals surface area contributed by atoms with Gasteiger partial charge >= 0.3 is 0 Å². The Hall–Kier alpha value is -2.36. The lowest BCUT2D eigenvalue weighted by atomic mass is 10.1. The van der Waals surface area contributed by atoms with Crippen molar-refractivity contribution in [3.63, 3.8) is 0 Å². The minimum absolute atomic E-state index is 0.0112. The number of nitrogens with two attached hydrogens (primary N) is 1. The fourth-order valence-corrected chi connectivity index (χ4v) is 2.05. The molecular formula is C16H19N3O. The fourth-order valence-electron chi connectivity index (χ4n) is 2.05. The summed E-state index contributed by atoms with van der Waals surface area (Å²) in [6.07, 6.45) is 1.74. The molecule has 20 heavy (non-hydrogen) atoms. The summed E-state index contributed by atoms with van der Waals surface area (Å²) in [5, 5.41) is 0. The van der Waals surface area contributed by atoms with Gasteiger partial charge in [0.2, 0.25) is 0 Å². The molecule has 1 aromatic carbocycles. The van der Waals surface area contributed by atoms with E-state index >= 15 is 0 Å². The molecule has 4 nitrogen and oxygen atoms in total. The second-order valence-electron chi connectivity index (χ2n) is 4.71. The Labute approximate surface area is 119 Å². The summed E-state index contributed by atoms with van der Waals surface area (Å²) in [6, 6.07) is 11.1. The SMILES string of the molecule is CCN(Cc1ccccn1)C(=O)c1cc(N)ccc1C. The van der Waals surface area contributed by atoms with Crippen molar-refractivity contribution in [1.29, 1.82) is 0 Å². The van der Waals surface area contributed by atoms with E-state index in [2.05, 4.69) is 4.98 Å². The number of anilines is 1. The quantitative estimate of drug-likeness (QED) is 0.868. The van der Waals surface area contributed by atoms with Crippen LogP contribution >= 0.6 is 0 Å². The van der Waals surface area contributed by atoms with Crippen LogP contribution in [0.2, 0.25) is 0 Å². The van der Waals surface area contributed by atoms with E-state index in [0.717, 1.165) is 11.3 Å². The van der Waals surface area contributed by atoms with E-state index in [1.54, 1.807) is 23.2 Å². The van der Waals surface area contributed by atoms with Crippen LogP contribution < -0.4 is 5.73 Å². The van der Waals surface area contributed by atoms with Crippen molar-refractivity contribution in [3.05, 3.63) is 59.4 Å². The molecule has 0 bridgehead atoms. The lowest BCUT2D eigenvalue weighted by Crippen LogP contribution is -2.31. The first-order chi connectivity index (χ1) is 9.61. The number of rotatable bonds is 4. The van der Waals surface area contributed by atoms with Crippen LogP contribution in [-0.4, -0.2) is 22.3 Å². The lowest BCUT2D eigenvalue weighted by molar-refractivity contribution is 0.0750. The fraction of sp³-hybridized carbons (Fsp3) is 0.250. The van der Waals surface area contributed by atoms with Gasteiger partial charge in [0.1, 0.15) is 0 Å². The number of nitrogens with zero attached hydrogens (tertiary/aromatic N) is 2. The van der Waals surface area contributed by atoms with E-state index in [1.807, 2.05) is 38.1 Å². The average Bonchev–Trinajstić information content (AvgIpc) is 2.47. The molecule has 4 heteroatoms. The molecule has 0 aliphatic carbocycles. The standard InChI is InChI=1S/C16H19N3O/c1-3-19(11-14-6-4-5-9-18-14)16(20)15-10-13(17)8-7-12(15)2/h4-10H,3,11,17H2,1-2H3. The van der Waals surface area contributed by atoms with Gasteiger partial charge in [-0.25, -0.2) is 0 Å². The van der Waals surface area contributed by atoms with E-state index in [0.29, 0.717) is 24.3 Å². The van der Waals surface area contributed by atoms with E-state index in [9.17, 15) is 4.79 Å². The largest absolute Gasteiger partial charge is 0.399 e. The third-order valence-corrected chi connectivity index (χ3v) is 3.24. The van der Waals surface area contributed by atoms with Gasteiger partial charge in [-0.05, 0) is 43.7 Å². The Kier molecular flexibility index (Phi) is 4.35. The number of amides is 1. The molecule has 2 rings (SSSR count). The van der Waals surface area contributed by atoms with Gasteiger partial charge in [0.25, 0.3) is 5.91 Å². The third kappa shape index (κ3) is 3.15. The van der Waals surface area contributed by atoms with Gasteiger partial charge in [-0.15, -0.1) is 0 Å². The first-order valence-corrected chi connectivity index (χ1v) is 6.67. The summed E-state index contributed by atoms with van der Waals surface area (Å²) >= 11 is 0. The maximum Gasteiger partial charge on any atom is 0.254 e. The van der Waals surface area contributed by atoms with Gasteiger partial charge in [-0.2, -0.15) is 0 Å². The molecule has 104 valence electrons. The van der Waals surface area contributed by atoms with E-state index < -0.39 is 0 Å². The molecule has 0 unspecified atom stereocenters. The summed E-state index contributed by atoms with van der Waals surface area (Å²) < 4.78 is 0. The first-order valence-electron chi connectivity index (χ1n) is 6.67. The molecule has 2 aromatic rings. The highest BCUT2D eigenvalue weighted by molar-refractivity contribution is 5.96. The highest BCUT2D eigenvalue weighted by Gasteiger charge is 2.17. The Bertz CT molecular complexity index is 596.